The number of hydrogen-bond donors (Lipinski definition) is 2. The molecule has 0 bridgehead atoms. The minimum Gasteiger partial charge on any atom is -0.357 e. The number of nitrogens with zero attached hydrogens (tertiary/aromatic N) is 3. The molecule has 0 radical (unpaired) electrons. The fourth-order valence-corrected chi connectivity index (χ4v) is 4.00. The van der Waals surface area contributed by atoms with Gasteiger partial charge in [0.05, 0.1) is 17.8 Å². The van der Waals surface area contributed by atoms with Gasteiger partial charge in [-0.2, -0.15) is 0 Å². The molecule has 1 aromatic heterocycles. The minimum atomic E-state index is -0.580. The molecule has 2 N–H and O–H groups in total. The molecule has 7 heteroatoms. The summed E-state index contributed by atoms with van der Waals surface area (Å²) in [5.74, 6) is 0.691. The molecule has 0 spiro atoms. The van der Waals surface area contributed by atoms with E-state index in [4.69, 9.17) is 4.98 Å². The van der Waals surface area contributed by atoms with E-state index in [-0.39, 0.29) is 23.7 Å². The molecule has 1 aromatic rings. The summed E-state index contributed by atoms with van der Waals surface area (Å²) in [7, 11) is 3.69. The molecule has 7 nitrogen and oxygen atoms in total. The van der Waals surface area contributed by atoms with Crippen LogP contribution in [0.3, 0.4) is 0 Å². The molecule has 28 heavy (non-hydrogen) atoms. The maximum absolute atomic E-state index is 12.8. The third-order valence-electron chi connectivity index (χ3n) is 5.62. The summed E-state index contributed by atoms with van der Waals surface area (Å²) in [5.41, 5.74) is 2.88. The third-order valence-corrected chi connectivity index (χ3v) is 5.62. The van der Waals surface area contributed by atoms with Gasteiger partial charge in [0.1, 0.15) is 11.9 Å². The Morgan fingerprint density at radius 1 is 1.29 bits per heavy atom. The number of rotatable bonds is 5. The first kappa shape index (κ1) is 20.6. The van der Waals surface area contributed by atoms with Crippen molar-refractivity contribution in [1.82, 2.24) is 25.1 Å². The predicted molar refractivity (Wildman–Crippen MR) is 110 cm³/mol. The first-order valence-corrected chi connectivity index (χ1v) is 10.2. The lowest BCUT2D eigenvalue weighted by Crippen LogP contribution is -2.53. The molecule has 1 aliphatic carbocycles. The van der Waals surface area contributed by atoms with Gasteiger partial charge in [0, 0.05) is 26.7 Å². The van der Waals surface area contributed by atoms with Gasteiger partial charge in [-0.15, -0.1) is 0 Å². The maximum Gasteiger partial charge on any atom is 0.242 e. The first-order chi connectivity index (χ1) is 13.2. The molecule has 0 fully saturated rings. The van der Waals surface area contributed by atoms with E-state index in [0.29, 0.717) is 0 Å². The normalized spacial score (nSPS) is 18.4. The number of carbonyl (C=O) groups is 2. The highest BCUT2D eigenvalue weighted by Gasteiger charge is 2.33. The Labute approximate surface area is 167 Å². The number of amides is 2. The second-order valence-electron chi connectivity index (χ2n) is 9.00. The smallest absolute Gasteiger partial charge is 0.242 e. The molecule has 2 aliphatic rings. The number of aromatic nitrogens is 2. The summed E-state index contributed by atoms with van der Waals surface area (Å²) in [6.45, 7) is 8.52. The number of hydrogen-bond acceptors (Lipinski definition) is 4. The van der Waals surface area contributed by atoms with Gasteiger partial charge < -0.3 is 15.2 Å². The zero-order valence-electron chi connectivity index (χ0n) is 17.8. The van der Waals surface area contributed by atoms with Crippen molar-refractivity contribution in [2.45, 2.75) is 65.6 Å². The number of nitrogens with one attached hydrogen (secondary N) is 2. The molecule has 1 aliphatic heterocycles. The largest absolute Gasteiger partial charge is 0.357 e. The van der Waals surface area contributed by atoms with E-state index in [0.717, 1.165) is 49.7 Å². The van der Waals surface area contributed by atoms with E-state index in [1.807, 2.05) is 20.8 Å². The van der Waals surface area contributed by atoms with Gasteiger partial charge in [-0.1, -0.05) is 26.8 Å². The van der Waals surface area contributed by atoms with Crippen molar-refractivity contribution in [3.63, 3.8) is 0 Å². The molecule has 0 unspecified atom stereocenters. The lowest BCUT2D eigenvalue weighted by molar-refractivity contribution is -0.131. The fourth-order valence-electron chi connectivity index (χ4n) is 4.00. The number of imidazole rings is 1. The Bertz CT molecular complexity index is 787. The molecule has 0 aromatic carbocycles. The van der Waals surface area contributed by atoms with E-state index in [2.05, 4.69) is 33.2 Å². The van der Waals surface area contributed by atoms with Gasteiger partial charge >= 0.3 is 0 Å². The lowest BCUT2D eigenvalue weighted by Gasteiger charge is -2.30. The van der Waals surface area contributed by atoms with Gasteiger partial charge in [-0.05, 0) is 37.3 Å². The molecule has 1 atom stereocenters. The Morgan fingerprint density at radius 2 is 2.04 bits per heavy atom. The lowest BCUT2D eigenvalue weighted by atomic mass is 9.86. The van der Waals surface area contributed by atoms with Crippen LogP contribution in [-0.2, 0) is 29.1 Å². The van der Waals surface area contributed by atoms with Crippen LogP contribution in [0.2, 0.25) is 0 Å². The molecule has 2 amide bonds. The highest BCUT2D eigenvalue weighted by molar-refractivity contribution is 5.88. The van der Waals surface area contributed by atoms with Gasteiger partial charge in [-0.25, -0.2) is 4.98 Å². The monoisotopic (exact) mass is 387 g/mol. The number of allylic oxidation sites excluding steroid dienone is 2. The molecule has 3 rings (SSSR count). The summed E-state index contributed by atoms with van der Waals surface area (Å²) < 4.78 is 2.29. The molecular weight excluding hydrogens is 354 g/mol. The molecule has 0 saturated carbocycles. The fraction of sp³-hybridized carbons (Fsp3) is 0.667. The SMILES string of the molecule is CNC(=O)[C@@H](NC(=O)Cc1nc(C2=CCCC2)n2c1CN(C)CC2)C(C)(C)C. The van der Waals surface area contributed by atoms with Gasteiger partial charge in [0.25, 0.3) is 0 Å². The van der Waals surface area contributed by atoms with Crippen molar-refractivity contribution in [1.29, 1.82) is 0 Å². The third kappa shape index (κ3) is 4.29. The summed E-state index contributed by atoms with van der Waals surface area (Å²) >= 11 is 0. The van der Waals surface area contributed by atoms with Crippen LogP contribution < -0.4 is 10.6 Å². The maximum atomic E-state index is 12.8. The summed E-state index contributed by atoms with van der Waals surface area (Å²) in [5, 5.41) is 5.57. The van der Waals surface area contributed by atoms with Crippen LogP contribution in [0.15, 0.2) is 6.08 Å². The Hall–Kier alpha value is -2.15. The van der Waals surface area contributed by atoms with Gasteiger partial charge in [-0.3, -0.25) is 14.5 Å². The van der Waals surface area contributed by atoms with Crippen LogP contribution in [0.4, 0.5) is 0 Å². The Balaban J connectivity index is 1.83. The second kappa shape index (κ2) is 8.07. The van der Waals surface area contributed by atoms with Gasteiger partial charge in [0.15, 0.2) is 0 Å². The minimum absolute atomic E-state index is 0.162. The van der Waals surface area contributed by atoms with Crippen LogP contribution in [-0.4, -0.2) is 52.9 Å². The zero-order chi connectivity index (χ0) is 20.5. The average Bonchev–Trinajstić information content (AvgIpc) is 3.26. The van der Waals surface area contributed by atoms with E-state index >= 15 is 0 Å². The predicted octanol–water partition coefficient (Wildman–Crippen LogP) is 1.72. The van der Waals surface area contributed by atoms with Crippen LogP contribution in [0.1, 0.15) is 57.2 Å². The van der Waals surface area contributed by atoms with Crippen LogP contribution in [0, 0.1) is 5.41 Å². The van der Waals surface area contributed by atoms with Crippen LogP contribution >= 0.6 is 0 Å². The van der Waals surface area contributed by atoms with E-state index in [1.54, 1.807) is 7.05 Å². The number of carbonyl (C=O) groups excluding carboxylic acids is 2. The van der Waals surface area contributed by atoms with Crippen molar-refractivity contribution < 1.29 is 9.59 Å². The van der Waals surface area contributed by atoms with Gasteiger partial charge in [0.2, 0.25) is 11.8 Å². The highest BCUT2D eigenvalue weighted by atomic mass is 16.2. The average molecular weight is 388 g/mol. The topological polar surface area (TPSA) is 79.3 Å². The van der Waals surface area contributed by atoms with Crippen LogP contribution in [0.25, 0.3) is 5.57 Å². The van der Waals surface area contributed by atoms with E-state index < -0.39 is 6.04 Å². The van der Waals surface area contributed by atoms with E-state index in [1.165, 1.54) is 12.0 Å². The van der Waals surface area contributed by atoms with Crippen molar-refractivity contribution in [3.8, 4) is 0 Å². The summed E-state index contributed by atoms with van der Waals surface area (Å²) in [6, 6.07) is -0.580. The molecule has 0 saturated heterocycles. The second-order valence-corrected chi connectivity index (χ2v) is 9.00. The highest BCUT2D eigenvalue weighted by Crippen LogP contribution is 2.30. The van der Waals surface area contributed by atoms with Crippen LogP contribution in [0.5, 0.6) is 0 Å². The van der Waals surface area contributed by atoms with E-state index in [9.17, 15) is 9.59 Å². The standard InChI is InChI=1S/C21H33N5O2/c1-21(2,3)18(20(28)22-4)24-17(27)12-15-16-13-25(5)10-11-26(16)19(23-15)14-8-6-7-9-14/h8,18H,6-7,9-13H2,1-5H3,(H,22,28)(H,24,27)/t18-/m1/s1. The first-order valence-electron chi connectivity index (χ1n) is 10.2. The number of fused-ring (bicyclic) bond motifs is 1. The molecule has 154 valence electrons. The Morgan fingerprint density at radius 3 is 2.64 bits per heavy atom. The molecular formula is C21H33N5O2. The van der Waals surface area contributed by atoms with Crippen molar-refractivity contribution in [2.24, 2.45) is 5.41 Å². The molecule has 2 heterocycles. The van der Waals surface area contributed by atoms with Crippen molar-refractivity contribution in [2.75, 3.05) is 20.6 Å². The summed E-state index contributed by atoms with van der Waals surface area (Å²) in [6.07, 6.45) is 5.80. The zero-order valence-corrected chi connectivity index (χ0v) is 17.8. The quantitative estimate of drug-likeness (QED) is 0.806. The number of likely N-dealkylation sites (N-methyl/N-ethyl adjacent to an activating group) is 2. The van der Waals surface area contributed by atoms with Crippen molar-refractivity contribution >= 4 is 17.4 Å². The Kier molecular flexibility index (Phi) is 5.93. The summed E-state index contributed by atoms with van der Waals surface area (Å²) in [4.78, 5) is 32.2. The van der Waals surface area contributed by atoms with Crippen molar-refractivity contribution in [3.05, 3.63) is 23.3 Å².